The van der Waals surface area contributed by atoms with E-state index in [0.29, 0.717) is 16.4 Å². The number of rotatable bonds is 6. The molecule has 0 aliphatic rings. The summed E-state index contributed by atoms with van der Waals surface area (Å²) >= 11 is 6.08. The first kappa shape index (κ1) is 20.8. The Morgan fingerprint density at radius 1 is 1.03 bits per heavy atom. The molecule has 0 fully saturated rings. The second kappa shape index (κ2) is 8.63. The standard InChI is InChI=1S/C21H18ClFN2O3S/c1-15-7-10-17(13-20(15)22)24-21(26)14-25(18-5-3-2-4-6-18)29(27,28)19-11-8-16(23)9-12-19/h2-13H,14H2,1H3,(H,24,26). The fourth-order valence-electron chi connectivity index (χ4n) is 2.64. The summed E-state index contributed by atoms with van der Waals surface area (Å²) in [6.07, 6.45) is 0. The van der Waals surface area contributed by atoms with E-state index in [9.17, 15) is 17.6 Å². The van der Waals surface area contributed by atoms with E-state index in [2.05, 4.69) is 5.32 Å². The van der Waals surface area contributed by atoms with Crippen LogP contribution in [0.5, 0.6) is 0 Å². The van der Waals surface area contributed by atoms with Gasteiger partial charge in [-0.1, -0.05) is 35.9 Å². The van der Waals surface area contributed by atoms with Crippen LogP contribution in [0.4, 0.5) is 15.8 Å². The second-order valence-electron chi connectivity index (χ2n) is 6.31. The molecule has 0 aliphatic carbocycles. The van der Waals surface area contributed by atoms with Gasteiger partial charge in [-0.15, -0.1) is 0 Å². The fourth-order valence-corrected chi connectivity index (χ4v) is 4.25. The van der Waals surface area contributed by atoms with E-state index in [0.717, 1.165) is 34.1 Å². The molecule has 3 aromatic rings. The summed E-state index contributed by atoms with van der Waals surface area (Å²) in [5.41, 5.74) is 1.63. The zero-order valence-electron chi connectivity index (χ0n) is 15.5. The summed E-state index contributed by atoms with van der Waals surface area (Å²) in [7, 11) is -4.09. The summed E-state index contributed by atoms with van der Waals surface area (Å²) < 4.78 is 40.5. The van der Waals surface area contributed by atoms with Crippen LogP contribution < -0.4 is 9.62 Å². The Labute approximate surface area is 173 Å². The number of nitrogens with one attached hydrogen (secondary N) is 1. The Hall–Kier alpha value is -2.90. The van der Waals surface area contributed by atoms with Gasteiger partial charge in [-0.2, -0.15) is 0 Å². The van der Waals surface area contributed by atoms with Gasteiger partial charge in [-0.3, -0.25) is 9.10 Å². The van der Waals surface area contributed by atoms with Crippen molar-refractivity contribution in [2.75, 3.05) is 16.2 Å². The first-order chi connectivity index (χ1) is 13.8. The topological polar surface area (TPSA) is 66.5 Å². The molecular formula is C21H18ClFN2O3S. The third-order valence-corrected chi connectivity index (χ3v) is 6.38. The molecule has 1 N–H and O–H groups in total. The predicted molar refractivity (Wildman–Crippen MR) is 112 cm³/mol. The van der Waals surface area contributed by atoms with Crippen LogP contribution in [0.3, 0.4) is 0 Å². The highest BCUT2D eigenvalue weighted by molar-refractivity contribution is 7.92. The largest absolute Gasteiger partial charge is 0.324 e. The number of sulfonamides is 1. The number of carbonyl (C=O) groups is 1. The molecule has 5 nitrogen and oxygen atoms in total. The summed E-state index contributed by atoms with van der Waals surface area (Å²) in [5.74, 6) is -1.09. The normalized spacial score (nSPS) is 11.1. The maximum Gasteiger partial charge on any atom is 0.264 e. The molecule has 8 heteroatoms. The number of carbonyl (C=O) groups excluding carboxylic acids is 1. The summed E-state index contributed by atoms with van der Waals surface area (Å²) in [4.78, 5) is 12.5. The first-order valence-electron chi connectivity index (χ1n) is 8.67. The molecule has 0 aliphatic heterocycles. The van der Waals surface area contributed by atoms with Crippen molar-refractivity contribution in [2.24, 2.45) is 0 Å². The van der Waals surface area contributed by atoms with E-state index in [-0.39, 0.29) is 4.90 Å². The number of anilines is 2. The van der Waals surface area contributed by atoms with Crippen LogP contribution in [0.25, 0.3) is 0 Å². The van der Waals surface area contributed by atoms with Crippen LogP contribution >= 0.6 is 11.6 Å². The number of amides is 1. The molecule has 3 aromatic carbocycles. The lowest BCUT2D eigenvalue weighted by atomic mass is 10.2. The lowest BCUT2D eigenvalue weighted by molar-refractivity contribution is -0.114. The van der Waals surface area contributed by atoms with Gasteiger partial charge < -0.3 is 5.32 Å². The molecule has 29 heavy (non-hydrogen) atoms. The zero-order chi connectivity index (χ0) is 21.0. The number of halogens is 2. The van der Waals surface area contributed by atoms with Gasteiger partial charge in [0.2, 0.25) is 5.91 Å². The SMILES string of the molecule is Cc1ccc(NC(=O)CN(c2ccccc2)S(=O)(=O)c2ccc(F)cc2)cc1Cl. The molecule has 0 unspecified atom stereocenters. The minimum Gasteiger partial charge on any atom is -0.324 e. The fraction of sp³-hybridized carbons (Fsp3) is 0.0952. The van der Waals surface area contributed by atoms with Crippen LogP contribution in [0.1, 0.15) is 5.56 Å². The zero-order valence-corrected chi connectivity index (χ0v) is 17.0. The highest BCUT2D eigenvalue weighted by Gasteiger charge is 2.27. The van der Waals surface area contributed by atoms with Gasteiger partial charge in [-0.05, 0) is 61.0 Å². The van der Waals surface area contributed by atoms with Crippen molar-refractivity contribution in [3.63, 3.8) is 0 Å². The highest BCUT2D eigenvalue weighted by Crippen LogP contribution is 2.24. The van der Waals surface area contributed by atoms with Crippen molar-refractivity contribution in [3.8, 4) is 0 Å². The third kappa shape index (κ3) is 4.93. The van der Waals surface area contributed by atoms with Crippen LogP contribution in [0, 0.1) is 12.7 Å². The van der Waals surface area contributed by atoms with Gasteiger partial charge in [0.1, 0.15) is 12.4 Å². The van der Waals surface area contributed by atoms with Crippen LogP contribution in [-0.2, 0) is 14.8 Å². The minimum absolute atomic E-state index is 0.117. The molecule has 150 valence electrons. The van der Waals surface area contributed by atoms with E-state index in [1.165, 1.54) is 0 Å². The average Bonchev–Trinajstić information content (AvgIpc) is 2.70. The Morgan fingerprint density at radius 2 is 1.69 bits per heavy atom. The lowest BCUT2D eigenvalue weighted by Crippen LogP contribution is -2.38. The lowest BCUT2D eigenvalue weighted by Gasteiger charge is -2.24. The summed E-state index contributed by atoms with van der Waals surface area (Å²) in [6.45, 7) is 1.37. The van der Waals surface area contributed by atoms with Crippen molar-refractivity contribution in [3.05, 3.63) is 89.2 Å². The third-order valence-electron chi connectivity index (χ3n) is 4.19. The van der Waals surface area contributed by atoms with Gasteiger partial charge in [0, 0.05) is 10.7 Å². The molecule has 0 saturated carbocycles. The number of aryl methyl sites for hydroxylation is 1. The molecule has 0 atom stereocenters. The van der Waals surface area contributed by atoms with E-state index < -0.39 is 28.3 Å². The van der Waals surface area contributed by atoms with Crippen molar-refractivity contribution >= 4 is 38.9 Å². The van der Waals surface area contributed by atoms with Crippen molar-refractivity contribution in [2.45, 2.75) is 11.8 Å². The molecule has 0 heterocycles. The molecule has 0 bridgehead atoms. The average molecular weight is 433 g/mol. The smallest absolute Gasteiger partial charge is 0.264 e. The van der Waals surface area contributed by atoms with E-state index >= 15 is 0 Å². The maximum absolute atomic E-state index is 13.2. The summed E-state index contributed by atoms with van der Waals surface area (Å²) in [5, 5.41) is 3.14. The second-order valence-corrected chi connectivity index (χ2v) is 8.58. The molecular weight excluding hydrogens is 415 g/mol. The van der Waals surface area contributed by atoms with Crippen molar-refractivity contribution in [1.29, 1.82) is 0 Å². The van der Waals surface area contributed by atoms with Gasteiger partial charge in [0.05, 0.1) is 10.6 Å². The highest BCUT2D eigenvalue weighted by atomic mass is 35.5. The molecule has 1 amide bonds. The first-order valence-corrected chi connectivity index (χ1v) is 10.5. The number of hydrogen-bond acceptors (Lipinski definition) is 3. The number of benzene rings is 3. The monoisotopic (exact) mass is 432 g/mol. The van der Waals surface area contributed by atoms with Gasteiger partial charge >= 0.3 is 0 Å². The van der Waals surface area contributed by atoms with Gasteiger partial charge in [0.25, 0.3) is 10.0 Å². The van der Waals surface area contributed by atoms with Crippen molar-refractivity contribution in [1.82, 2.24) is 0 Å². The van der Waals surface area contributed by atoms with Crippen LogP contribution in [0.2, 0.25) is 5.02 Å². The molecule has 0 saturated heterocycles. The Morgan fingerprint density at radius 3 is 2.31 bits per heavy atom. The number of hydrogen-bond donors (Lipinski definition) is 1. The molecule has 0 radical (unpaired) electrons. The summed E-state index contributed by atoms with van der Waals surface area (Å²) in [6, 6.07) is 17.7. The maximum atomic E-state index is 13.2. The van der Waals surface area contributed by atoms with Crippen LogP contribution in [0.15, 0.2) is 77.7 Å². The van der Waals surface area contributed by atoms with E-state index in [4.69, 9.17) is 11.6 Å². The minimum atomic E-state index is -4.09. The van der Waals surface area contributed by atoms with E-state index in [1.807, 2.05) is 6.92 Å². The quantitative estimate of drug-likeness (QED) is 0.618. The number of nitrogens with zero attached hydrogens (tertiary/aromatic N) is 1. The molecule has 3 rings (SSSR count). The molecule has 0 spiro atoms. The van der Waals surface area contributed by atoms with Crippen LogP contribution in [-0.4, -0.2) is 20.9 Å². The Bertz CT molecular complexity index is 1120. The van der Waals surface area contributed by atoms with Gasteiger partial charge in [-0.25, -0.2) is 12.8 Å². The number of para-hydroxylation sites is 1. The van der Waals surface area contributed by atoms with E-state index in [1.54, 1.807) is 48.5 Å². The van der Waals surface area contributed by atoms with Crippen molar-refractivity contribution < 1.29 is 17.6 Å². The van der Waals surface area contributed by atoms with Gasteiger partial charge in [0.15, 0.2) is 0 Å². The Kier molecular flexibility index (Phi) is 6.20. The molecule has 0 aromatic heterocycles. The Balaban J connectivity index is 1.91. The predicted octanol–water partition coefficient (Wildman–Crippen LogP) is 4.62.